The lowest BCUT2D eigenvalue weighted by Crippen LogP contribution is -2.13. The first-order valence-corrected chi connectivity index (χ1v) is 8.64. The van der Waals surface area contributed by atoms with E-state index in [2.05, 4.69) is 39.6 Å². The maximum absolute atomic E-state index is 6.38. The van der Waals surface area contributed by atoms with Gasteiger partial charge in [0.15, 0.2) is 0 Å². The zero-order valence-electron chi connectivity index (χ0n) is 11.9. The molecule has 1 aromatic heterocycles. The van der Waals surface area contributed by atoms with Crippen LogP contribution in [0, 0.1) is 5.92 Å². The van der Waals surface area contributed by atoms with Crippen LogP contribution in [0.15, 0.2) is 22.7 Å². The Kier molecular flexibility index (Phi) is 4.09. The van der Waals surface area contributed by atoms with E-state index in [0.29, 0.717) is 6.04 Å². The molecule has 0 radical (unpaired) electrons. The van der Waals surface area contributed by atoms with Crippen molar-refractivity contribution < 1.29 is 0 Å². The third-order valence-corrected chi connectivity index (χ3v) is 4.86. The van der Waals surface area contributed by atoms with Gasteiger partial charge in [-0.25, -0.2) is 4.98 Å². The number of hydrogen-bond acceptors (Lipinski definition) is 1. The van der Waals surface area contributed by atoms with Crippen molar-refractivity contribution in [2.24, 2.45) is 5.92 Å². The first kappa shape index (κ1) is 14.4. The lowest BCUT2D eigenvalue weighted by atomic mass is 10.1. The fraction of sp³-hybridized carbons (Fsp3) is 0.562. The number of aromatic nitrogens is 2. The second-order valence-electron chi connectivity index (χ2n) is 5.83. The van der Waals surface area contributed by atoms with Crippen LogP contribution < -0.4 is 0 Å². The molecule has 2 nitrogen and oxygen atoms in total. The molecule has 1 heterocycles. The van der Waals surface area contributed by atoms with Crippen molar-refractivity contribution in [1.82, 2.24) is 9.55 Å². The molecule has 1 aliphatic carbocycles. The van der Waals surface area contributed by atoms with Crippen molar-refractivity contribution in [1.29, 1.82) is 0 Å². The quantitative estimate of drug-likeness (QED) is 0.615. The molecule has 1 saturated carbocycles. The normalized spacial score (nSPS) is 18.4. The van der Waals surface area contributed by atoms with Crippen molar-refractivity contribution in [2.45, 2.75) is 50.9 Å². The summed E-state index contributed by atoms with van der Waals surface area (Å²) in [6.07, 6.45) is 5.16. The summed E-state index contributed by atoms with van der Waals surface area (Å²) in [6, 6.07) is 6.80. The Labute approximate surface area is 133 Å². The van der Waals surface area contributed by atoms with Crippen LogP contribution in [0.2, 0.25) is 0 Å². The molecular weight excluding hydrogens is 336 g/mol. The van der Waals surface area contributed by atoms with E-state index in [9.17, 15) is 0 Å². The summed E-state index contributed by atoms with van der Waals surface area (Å²) in [6.45, 7) is 4.28. The third kappa shape index (κ3) is 2.75. The van der Waals surface area contributed by atoms with E-state index in [1.165, 1.54) is 24.8 Å². The molecule has 1 aliphatic rings. The molecule has 20 heavy (non-hydrogen) atoms. The Morgan fingerprint density at radius 2 is 2.20 bits per heavy atom. The summed E-state index contributed by atoms with van der Waals surface area (Å²) >= 11 is 9.95. The summed E-state index contributed by atoms with van der Waals surface area (Å²) in [5.74, 6) is 1.91. The van der Waals surface area contributed by atoms with Gasteiger partial charge in [0.2, 0.25) is 0 Å². The smallest absolute Gasteiger partial charge is 0.127 e. The number of imidazole rings is 1. The first-order valence-electron chi connectivity index (χ1n) is 7.41. The van der Waals surface area contributed by atoms with Gasteiger partial charge in [0, 0.05) is 10.5 Å². The monoisotopic (exact) mass is 354 g/mol. The number of halogens is 2. The average Bonchev–Trinajstić information content (AvgIpc) is 3.15. The van der Waals surface area contributed by atoms with Gasteiger partial charge in [-0.05, 0) is 43.9 Å². The number of fused-ring (bicyclic) bond motifs is 1. The Balaban J connectivity index is 2.12. The Hall–Kier alpha value is -0.540. The van der Waals surface area contributed by atoms with E-state index in [0.717, 1.165) is 28.2 Å². The molecule has 0 N–H and O–H groups in total. The molecule has 4 heteroatoms. The highest BCUT2D eigenvalue weighted by Crippen LogP contribution is 2.40. The minimum absolute atomic E-state index is 0.0607. The highest BCUT2D eigenvalue weighted by atomic mass is 79.9. The lowest BCUT2D eigenvalue weighted by molar-refractivity contribution is 0.425. The summed E-state index contributed by atoms with van der Waals surface area (Å²) in [5.41, 5.74) is 2.25. The van der Waals surface area contributed by atoms with Gasteiger partial charge in [0.05, 0.1) is 16.4 Å². The molecule has 0 aliphatic heterocycles. The molecule has 2 atom stereocenters. The van der Waals surface area contributed by atoms with E-state index in [4.69, 9.17) is 16.6 Å². The molecule has 0 saturated heterocycles. The fourth-order valence-corrected chi connectivity index (χ4v) is 3.45. The van der Waals surface area contributed by atoms with Crippen molar-refractivity contribution in [3.8, 4) is 0 Å². The van der Waals surface area contributed by atoms with E-state index >= 15 is 0 Å². The van der Waals surface area contributed by atoms with Gasteiger partial charge >= 0.3 is 0 Å². The number of benzene rings is 1. The van der Waals surface area contributed by atoms with Crippen molar-refractivity contribution in [3.05, 3.63) is 28.5 Å². The van der Waals surface area contributed by atoms with E-state index < -0.39 is 0 Å². The van der Waals surface area contributed by atoms with E-state index in [1.807, 2.05) is 13.0 Å². The standard InChI is InChI=1S/C16H20BrClN2/c1-3-13(8-11-4-5-11)20-15-9-12(17)6-7-14(15)19-16(20)10(2)18/h6-7,9-11,13H,3-5,8H2,1-2H3. The van der Waals surface area contributed by atoms with Gasteiger partial charge in [0.25, 0.3) is 0 Å². The minimum atomic E-state index is -0.0607. The third-order valence-electron chi connectivity index (χ3n) is 4.17. The van der Waals surface area contributed by atoms with E-state index in [1.54, 1.807) is 0 Å². The largest absolute Gasteiger partial charge is 0.324 e. The van der Waals surface area contributed by atoms with Crippen LogP contribution in [0.5, 0.6) is 0 Å². The van der Waals surface area contributed by atoms with Crippen LogP contribution in [0.3, 0.4) is 0 Å². The molecule has 0 bridgehead atoms. The van der Waals surface area contributed by atoms with Gasteiger partial charge < -0.3 is 4.57 Å². The maximum atomic E-state index is 6.38. The van der Waals surface area contributed by atoms with Crippen LogP contribution in [0.25, 0.3) is 11.0 Å². The van der Waals surface area contributed by atoms with Crippen LogP contribution >= 0.6 is 27.5 Å². The Morgan fingerprint density at radius 3 is 2.80 bits per heavy atom. The van der Waals surface area contributed by atoms with Gasteiger partial charge in [0.1, 0.15) is 5.82 Å². The molecule has 0 amide bonds. The summed E-state index contributed by atoms with van der Waals surface area (Å²) < 4.78 is 3.48. The predicted octanol–water partition coefficient (Wildman–Crippen LogP) is 5.85. The predicted molar refractivity (Wildman–Crippen MR) is 88.4 cm³/mol. The van der Waals surface area contributed by atoms with Crippen LogP contribution in [0.4, 0.5) is 0 Å². The SMILES string of the molecule is CCC(CC1CC1)n1c(C(C)Cl)nc2ccc(Br)cc21. The average molecular weight is 356 g/mol. The lowest BCUT2D eigenvalue weighted by Gasteiger charge is -2.21. The number of rotatable bonds is 5. The van der Waals surface area contributed by atoms with Crippen molar-refractivity contribution in [2.75, 3.05) is 0 Å². The highest BCUT2D eigenvalue weighted by Gasteiger charge is 2.28. The molecule has 1 fully saturated rings. The zero-order valence-corrected chi connectivity index (χ0v) is 14.3. The molecule has 3 rings (SSSR count). The molecular formula is C16H20BrClN2. The number of hydrogen-bond donors (Lipinski definition) is 0. The molecule has 2 unspecified atom stereocenters. The van der Waals surface area contributed by atoms with Gasteiger partial charge in [-0.2, -0.15) is 0 Å². The van der Waals surface area contributed by atoms with Crippen LogP contribution in [-0.4, -0.2) is 9.55 Å². The maximum Gasteiger partial charge on any atom is 0.127 e. The molecule has 0 spiro atoms. The second-order valence-corrected chi connectivity index (χ2v) is 7.40. The highest BCUT2D eigenvalue weighted by molar-refractivity contribution is 9.10. The van der Waals surface area contributed by atoms with Crippen LogP contribution in [-0.2, 0) is 0 Å². The van der Waals surface area contributed by atoms with Crippen LogP contribution in [0.1, 0.15) is 56.8 Å². The summed E-state index contributed by atoms with van der Waals surface area (Å²) in [5, 5.41) is -0.0607. The van der Waals surface area contributed by atoms with Gasteiger partial charge in [-0.3, -0.25) is 0 Å². The van der Waals surface area contributed by atoms with Crippen molar-refractivity contribution >= 4 is 38.6 Å². The minimum Gasteiger partial charge on any atom is -0.324 e. The topological polar surface area (TPSA) is 17.8 Å². The fourth-order valence-electron chi connectivity index (χ4n) is 2.94. The molecule has 108 valence electrons. The molecule has 1 aromatic carbocycles. The van der Waals surface area contributed by atoms with Gasteiger partial charge in [-0.1, -0.05) is 35.7 Å². The number of alkyl halides is 1. The summed E-state index contributed by atoms with van der Waals surface area (Å²) in [4.78, 5) is 4.76. The Morgan fingerprint density at radius 1 is 1.45 bits per heavy atom. The molecule has 2 aromatic rings. The van der Waals surface area contributed by atoms with E-state index in [-0.39, 0.29) is 5.38 Å². The first-order chi connectivity index (χ1) is 9.60. The summed E-state index contributed by atoms with van der Waals surface area (Å²) in [7, 11) is 0. The number of nitrogens with zero attached hydrogens (tertiary/aromatic N) is 2. The van der Waals surface area contributed by atoms with Gasteiger partial charge in [-0.15, -0.1) is 11.6 Å². The second kappa shape index (κ2) is 5.69. The zero-order chi connectivity index (χ0) is 14.3. The Bertz CT molecular complexity index is 616. The van der Waals surface area contributed by atoms with Crippen molar-refractivity contribution in [3.63, 3.8) is 0 Å².